The predicted molar refractivity (Wildman–Crippen MR) is 115 cm³/mol. The van der Waals surface area contributed by atoms with E-state index < -0.39 is 0 Å². The number of carbonyl (C=O) groups excluding carboxylic acids is 2. The number of rotatable bonds is 6. The van der Waals surface area contributed by atoms with E-state index in [0.29, 0.717) is 36.6 Å². The lowest BCUT2D eigenvalue weighted by atomic mass is 9.91. The van der Waals surface area contributed by atoms with Crippen LogP contribution in [0.25, 0.3) is 0 Å². The van der Waals surface area contributed by atoms with E-state index in [0.717, 1.165) is 11.1 Å². The second-order valence-corrected chi connectivity index (χ2v) is 7.55. The highest BCUT2D eigenvalue weighted by molar-refractivity contribution is 5.94. The first kappa shape index (κ1) is 21.5. The molecule has 0 spiro atoms. The fraction of sp³-hybridized carbons (Fsp3) is 0.391. The Morgan fingerprint density at radius 3 is 2.40 bits per heavy atom. The van der Waals surface area contributed by atoms with Crippen LogP contribution in [0.1, 0.15) is 41.4 Å². The van der Waals surface area contributed by atoms with Crippen LogP contribution in [-0.2, 0) is 6.42 Å². The fourth-order valence-corrected chi connectivity index (χ4v) is 3.70. The van der Waals surface area contributed by atoms with Crippen molar-refractivity contribution in [3.63, 3.8) is 0 Å². The number of methoxy groups -OCH3 is 2. The van der Waals surface area contributed by atoms with E-state index in [4.69, 9.17) is 9.47 Å². The molecule has 1 aliphatic rings. The second-order valence-electron chi connectivity index (χ2n) is 7.55. The summed E-state index contributed by atoms with van der Waals surface area (Å²) in [6.45, 7) is 4.69. The molecule has 3 amide bonds. The van der Waals surface area contributed by atoms with E-state index >= 15 is 0 Å². The molecule has 1 aliphatic heterocycles. The van der Waals surface area contributed by atoms with Crippen molar-refractivity contribution in [3.05, 3.63) is 59.2 Å². The number of nitrogens with one attached hydrogen (secondary N) is 2. The summed E-state index contributed by atoms with van der Waals surface area (Å²) in [6, 6.07) is 12.5. The quantitative estimate of drug-likeness (QED) is 0.765. The van der Waals surface area contributed by atoms with Gasteiger partial charge in [0.05, 0.1) is 20.3 Å². The summed E-state index contributed by atoms with van der Waals surface area (Å²) in [5, 5.41) is 5.94. The molecule has 30 heavy (non-hydrogen) atoms. The number of carbonyl (C=O) groups is 2. The van der Waals surface area contributed by atoms with Crippen molar-refractivity contribution in [2.45, 2.75) is 32.4 Å². The lowest BCUT2D eigenvalue weighted by Gasteiger charge is -2.38. The molecule has 0 radical (unpaired) electrons. The van der Waals surface area contributed by atoms with Gasteiger partial charge < -0.3 is 25.0 Å². The van der Waals surface area contributed by atoms with Crippen LogP contribution in [0.3, 0.4) is 0 Å². The van der Waals surface area contributed by atoms with E-state index in [1.165, 1.54) is 0 Å². The Hall–Kier alpha value is -3.22. The van der Waals surface area contributed by atoms with Crippen molar-refractivity contribution in [1.29, 1.82) is 0 Å². The number of hydrogen-bond acceptors (Lipinski definition) is 4. The first-order chi connectivity index (χ1) is 14.4. The molecule has 1 atom stereocenters. The largest absolute Gasteiger partial charge is 0.493 e. The van der Waals surface area contributed by atoms with E-state index in [9.17, 15) is 9.59 Å². The van der Waals surface area contributed by atoms with Gasteiger partial charge in [-0.25, -0.2) is 4.79 Å². The molecule has 2 aromatic carbocycles. The predicted octanol–water partition coefficient (Wildman–Crippen LogP) is 3.15. The molecule has 160 valence electrons. The van der Waals surface area contributed by atoms with Crippen molar-refractivity contribution in [2.75, 3.05) is 27.3 Å². The summed E-state index contributed by atoms with van der Waals surface area (Å²) in [4.78, 5) is 27.2. The average Bonchev–Trinajstić information content (AvgIpc) is 2.76. The minimum atomic E-state index is -0.319. The summed E-state index contributed by atoms with van der Waals surface area (Å²) in [6.07, 6.45) is 0.699. The number of nitrogens with zero attached hydrogens (tertiary/aromatic N) is 1. The minimum absolute atomic E-state index is 0.0175. The van der Waals surface area contributed by atoms with Crippen LogP contribution >= 0.6 is 0 Å². The molecular weight excluding hydrogens is 382 g/mol. The van der Waals surface area contributed by atoms with Crippen molar-refractivity contribution in [1.82, 2.24) is 15.5 Å². The number of hydrogen-bond donors (Lipinski definition) is 2. The third kappa shape index (κ3) is 4.67. The van der Waals surface area contributed by atoms with Crippen LogP contribution in [0.5, 0.6) is 11.5 Å². The molecule has 0 fully saturated rings. The van der Waals surface area contributed by atoms with Gasteiger partial charge in [-0.1, -0.05) is 18.2 Å². The first-order valence-electron chi connectivity index (χ1n) is 10.1. The zero-order chi connectivity index (χ0) is 21.7. The molecule has 2 aromatic rings. The monoisotopic (exact) mass is 411 g/mol. The highest BCUT2D eigenvalue weighted by Gasteiger charge is 2.32. The zero-order valence-electron chi connectivity index (χ0n) is 17.9. The number of benzene rings is 2. The SMILES string of the molecule is COc1cc2c(cc1OC)[C@@H](CNC(=O)c1ccccc1)N(C(=O)NC(C)C)CC2. The molecule has 0 bridgehead atoms. The van der Waals surface area contributed by atoms with Crippen LogP contribution in [0.2, 0.25) is 0 Å². The number of amides is 3. The van der Waals surface area contributed by atoms with Gasteiger partial charge in [0.1, 0.15) is 0 Å². The summed E-state index contributed by atoms with van der Waals surface area (Å²) in [7, 11) is 3.19. The maximum Gasteiger partial charge on any atom is 0.318 e. The number of fused-ring (bicyclic) bond motifs is 1. The molecule has 7 nitrogen and oxygen atoms in total. The molecule has 0 unspecified atom stereocenters. The van der Waals surface area contributed by atoms with Crippen molar-refractivity contribution in [2.24, 2.45) is 0 Å². The van der Waals surface area contributed by atoms with Gasteiger partial charge in [-0.2, -0.15) is 0 Å². The van der Waals surface area contributed by atoms with Gasteiger partial charge in [-0.3, -0.25) is 4.79 Å². The Labute approximate surface area is 177 Å². The summed E-state index contributed by atoms with van der Waals surface area (Å²) < 4.78 is 10.9. The summed E-state index contributed by atoms with van der Waals surface area (Å²) in [5.41, 5.74) is 2.62. The normalized spacial score (nSPS) is 15.4. The highest BCUT2D eigenvalue weighted by Crippen LogP contribution is 2.38. The highest BCUT2D eigenvalue weighted by atomic mass is 16.5. The molecular formula is C23H29N3O4. The van der Waals surface area contributed by atoms with Gasteiger partial charge in [0, 0.05) is 24.7 Å². The molecule has 0 saturated carbocycles. The maximum atomic E-state index is 12.9. The zero-order valence-corrected chi connectivity index (χ0v) is 17.9. The Bertz CT molecular complexity index is 899. The lowest BCUT2D eigenvalue weighted by Crippen LogP contribution is -2.50. The fourth-order valence-electron chi connectivity index (χ4n) is 3.70. The van der Waals surface area contributed by atoms with Crippen molar-refractivity contribution < 1.29 is 19.1 Å². The Balaban J connectivity index is 1.91. The number of ether oxygens (including phenoxy) is 2. The van der Waals surface area contributed by atoms with E-state index in [2.05, 4.69) is 10.6 Å². The molecule has 0 saturated heterocycles. The third-order valence-corrected chi connectivity index (χ3v) is 5.17. The smallest absolute Gasteiger partial charge is 0.318 e. The Morgan fingerprint density at radius 1 is 1.10 bits per heavy atom. The van der Waals surface area contributed by atoms with Crippen LogP contribution in [0.15, 0.2) is 42.5 Å². The summed E-state index contributed by atoms with van der Waals surface area (Å²) in [5.74, 6) is 1.08. The molecule has 7 heteroatoms. The van der Waals surface area contributed by atoms with Gasteiger partial charge in [0.2, 0.25) is 0 Å². The molecule has 3 rings (SSSR count). The molecule has 2 N–H and O–H groups in total. The molecule has 1 heterocycles. The average molecular weight is 412 g/mol. The second kappa shape index (κ2) is 9.52. The van der Waals surface area contributed by atoms with E-state index in [-0.39, 0.29) is 24.0 Å². The van der Waals surface area contributed by atoms with Crippen LogP contribution < -0.4 is 20.1 Å². The topological polar surface area (TPSA) is 79.9 Å². The van der Waals surface area contributed by atoms with Gasteiger partial charge in [0.15, 0.2) is 11.5 Å². The van der Waals surface area contributed by atoms with Crippen LogP contribution in [-0.4, -0.2) is 50.2 Å². The first-order valence-corrected chi connectivity index (χ1v) is 10.1. The molecule has 0 aliphatic carbocycles. The Kier molecular flexibility index (Phi) is 6.82. The molecule has 0 aromatic heterocycles. The number of urea groups is 1. The third-order valence-electron chi connectivity index (χ3n) is 5.17. The van der Waals surface area contributed by atoms with Crippen molar-refractivity contribution in [3.8, 4) is 11.5 Å². The standard InChI is InChI=1S/C23H29N3O4/c1-15(2)25-23(28)26-11-10-17-12-20(29-3)21(30-4)13-18(17)19(26)14-24-22(27)16-8-6-5-7-9-16/h5-9,12-13,15,19H,10-11,14H2,1-4H3,(H,24,27)(H,25,28)/t19-/m1/s1. The minimum Gasteiger partial charge on any atom is -0.493 e. The van der Waals surface area contributed by atoms with Gasteiger partial charge in [-0.05, 0) is 55.7 Å². The van der Waals surface area contributed by atoms with Crippen molar-refractivity contribution >= 4 is 11.9 Å². The Morgan fingerprint density at radius 2 is 1.77 bits per heavy atom. The van der Waals surface area contributed by atoms with E-state index in [1.807, 2.05) is 44.2 Å². The lowest BCUT2D eigenvalue weighted by molar-refractivity contribution is 0.0934. The van der Waals surface area contributed by atoms with Crippen LogP contribution in [0.4, 0.5) is 4.79 Å². The van der Waals surface area contributed by atoms with Gasteiger partial charge >= 0.3 is 6.03 Å². The van der Waals surface area contributed by atoms with Gasteiger partial charge in [-0.15, -0.1) is 0 Å². The summed E-state index contributed by atoms with van der Waals surface area (Å²) >= 11 is 0. The van der Waals surface area contributed by atoms with Gasteiger partial charge in [0.25, 0.3) is 5.91 Å². The van der Waals surface area contributed by atoms with E-state index in [1.54, 1.807) is 31.3 Å². The van der Waals surface area contributed by atoms with Crippen LogP contribution in [0, 0.1) is 0 Å². The maximum absolute atomic E-state index is 12.9.